The molecule has 2 rings (SSSR count). The van der Waals surface area contributed by atoms with Crippen molar-refractivity contribution in [2.75, 3.05) is 27.9 Å². The van der Waals surface area contributed by atoms with Crippen LogP contribution in [0.2, 0.25) is 0 Å². The largest absolute Gasteiger partial charge is 0.467 e. The fourth-order valence-electron chi connectivity index (χ4n) is 3.82. The maximum Gasteiger partial charge on any atom is 0.406 e. The van der Waals surface area contributed by atoms with Crippen LogP contribution >= 0.6 is 0 Å². The number of aliphatic hydroxyl groups excluding tert-OH is 3. The minimum absolute atomic E-state index is 0.280. The molecular weight excluding hydrogens is 444 g/mol. The predicted octanol–water partition coefficient (Wildman–Crippen LogP) is -2.00. The second-order valence-corrected chi connectivity index (χ2v) is 7.90. The number of rotatable bonds is 8. The summed E-state index contributed by atoms with van der Waals surface area (Å²) in [6.45, 7) is 6.92. The lowest BCUT2D eigenvalue weighted by Crippen LogP contribution is -2.67. The molecule has 2 aliphatic rings. The molecule has 0 radical (unpaired) electrons. The summed E-state index contributed by atoms with van der Waals surface area (Å²) in [4.78, 5) is 23.6. The molecule has 0 spiro atoms. The molecular formula is C20H34N2O11. The van der Waals surface area contributed by atoms with Crippen LogP contribution in [-0.2, 0) is 33.2 Å². The van der Waals surface area contributed by atoms with Gasteiger partial charge in [0.05, 0.1) is 19.3 Å². The van der Waals surface area contributed by atoms with E-state index < -0.39 is 73.2 Å². The van der Waals surface area contributed by atoms with Crippen LogP contribution in [0.5, 0.6) is 0 Å². The number of nitrogens with one attached hydrogen (secondary N) is 2. The molecule has 2 heterocycles. The maximum atomic E-state index is 12.2. The van der Waals surface area contributed by atoms with Crippen LogP contribution in [0.4, 0.5) is 4.79 Å². The van der Waals surface area contributed by atoms with Crippen molar-refractivity contribution in [3.05, 3.63) is 12.3 Å². The topological polar surface area (TPSA) is 174 Å². The van der Waals surface area contributed by atoms with E-state index in [-0.39, 0.29) is 6.61 Å². The highest BCUT2D eigenvalue weighted by atomic mass is 16.7. The van der Waals surface area contributed by atoms with Crippen LogP contribution in [0.1, 0.15) is 13.8 Å². The first-order valence-electron chi connectivity index (χ1n) is 10.4. The van der Waals surface area contributed by atoms with Gasteiger partial charge >= 0.3 is 12.1 Å². The van der Waals surface area contributed by atoms with E-state index in [1.807, 2.05) is 0 Å². The summed E-state index contributed by atoms with van der Waals surface area (Å²) in [5.74, 6) is -0.837. The van der Waals surface area contributed by atoms with Crippen LogP contribution < -0.4 is 10.6 Å². The van der Waals surface area contributed by atoms with E-state index in [1.54, 1.807) is 13.8 Å². The fraction of sp³-hybridized carbons (Fsp3) is 0.800. The van der Waals surface area contributed by atoms with E-state index >= 15 is 0 Å². The lowest BCUT2D eigenvalue weighted by Gasteiger charge is -2.47. The van der Waals surface area contributed by atoms with Gasteiger partial charge in [-0.25, -0.2) is 9.59 Å². The molecule has 10 atom stereocenters. The van der Waals surface area contributed by atoms with Gasteiger partial charge < -0.3 is 54.4 Å². The van der Waals surface area contributed by atoms with E-state index in [0.29, 0.717) is 5.70 Å². The third kappa shape index (κ3) is 6.32. The van der Waals surface area contributed by atoms with Crippen molar-refractivity contribution in [3.8, 4) is 0 Å². The molecule has 2 saturated heterocycles. The Hall–Kier alpha value is -2.00. The highest BCUT2D eigenvalue weighted by molar-refractivity contribution is 5.75. The number of hydrogen-bond acceptors (Lipinski definition) is 12. The van der Waals surface area contributed by atoms with Gasteiger partial charge in [-0.3, -0.25) is 0 Å². The number of carbonyl (C=O) groups excluding carboxylic acids is 2. The number of hydrogen-bond donors (Lipinski definition) is 5. The average molecular weight is 478 g/mol. The Balaban J connectivity index is 2.27. The van der Waals surface area contributed by atoms with Crippen molar-refractivity contribution >= 4 is 12.1 Å². The second-order valence-electron chi connectivity index (χ2n) is 7.90. The van der Waals surface area contributed by atoms with Crippen molar-refractivity contribution in [3.63, 3.8) is 0 Å². The van der Waals surface area contributed by atoms with Crippen molar-refractivity contribution in [2.45, 2.75) is 75.0 Å². The number of ether oxygens (including phenoxy) is 6. The molecule has 0 aliphatic carbocycles. The Bertz CT molecular complexity index is 693. The molecule has 13 heteroatoms. The molecule has 1 amide bonds. The van der Waals surface area contributed by atoms with Gasteiger partial charge in [0.1, 0.15) is 43.2 Å². The van der Waals surface area contributed by atoms with E-state index in [4.69, 9.17) is 28.4 Å². The zero-order valence-corrected chi connectivity index (χ0v) is 19.3. The predicted molar refractivity (Wildman–Crippen MR) is 111 cm³/mol. The quantitative estimate of drug-likeness (QED) is 0.243. The summed E-state index contributed by atoms with van der Waals surface area (Å²) >= 11 is 0. The Labute approximate surface area is 191 Å². The summed E-state index contributed by atoms with van der Waals surface area (Å²) in [5, 5.41) is 37.4. The fourth-order valence-corrected chi connectivity index (χ4v) is 3.82. The van der Waals surface area contributed by atoms with Gasteiger partial charge in [0.25, 0.3) is 0 Å². The Morgan fingerprint density at radius 3 is 2.27 bits per heavy atom. The summed E-state index contributed by atoms with van der Waals surface area (Å²) < 4.78 is 32.1. The molecule has 5 N–H and O–H groups in total. The van der Waals surface area contributed by atoms with Crippen molar-refractivity contribution in [2.24, 2.45) is 0 Å². The van der Waals surface area contributed by atoms with E-state index in [2.05, 4.69) is 17.2 Å². The molecule has 0 bridgehead atoms. The van der Waals surface area contributed by atoms with Crippen LogP contribution in [0.15, 0.2) is 12.3 Å². The second kappa shape index (κ2) is 11.9. The minimum atomic E-state index is -1.62. The van der Waals surface area contributed by atoms with Crippen molar-refractivity contribution < 1.29 is 53.3 Å². The zero-order chi connectivity index (χ0) is 24.9. The van der Waals surface area contributed by atoms with Crippen LogP contribution in [0.3, 0.4) is 0 Å². The van der Waals surface area contributed by atoms with Gasteiger partial charge in [-0.1, -0.05) is 6.58 Å². The molecule has 0 aromatic rings. The number of alkyl carbamates (subject to hydrolysis) is 1. The summed E-state index contributed by atoms with van der Waals surface area (Å²) in [6.07, 6.45) is -12.0. The Morgan fingerprint density at radius 2 is 1.73 bits per heavy atom. The number of carbonyl (C=O) groups is 2. The minimum Gasteiger partial charge on any atom is -0.467 e. The average Bonchev–Trinajstić information content (AvgIpc) is 2.78. The SMILES string of the molecule is C=C(C)N[C@@H]1[C@H](C)O[C@@H](COC(=O)NC)C(O)[C@H]1O[C@H]1O[C@@H](C(=O)OC)C(OC)[C@H](O)[C@@H]1O. The normalized spacial score (nSPS) is 38.8. The van der Waals surface area contributed by atoms with E-state index in [1.165, 1.54) is 14.2 Å². The third-order valence-electron chi connectivity index (χ3n) is 5.50. The van der Waals surface area contributed by atoms with E-state index in [0.717, 1.165) is 7.11 Å². The Kier molecular flexibility index (Phi) is 9.84. The lowest BCUT2D eigenvalue weighted by molar-refractivity contribution is -0.327. The summed E-state index contributed by atoms with van der Waals surface area (Å²) in [5.41, 5.74) is 0.549. The summed E-state index contributed by atoms with van der Waals surface area (Å²) in [6, 6.07) is -0.668. The molecule has 2 fully saturated rings. The summed E-state index contributed by atoms with van der Waals surface area (Å²) in [7, 11) is 3.77. The molecule has 0 aromatic carbocycles. The smallest absolute Gasteiger partial charge is 0.406 e. The van der Waals surface area contributed by atoms with Gasteiger partial charge in [-0.15, -0.1) is 0 Å². The molecule has 0 saturated carbocycles. The Morgan fingerprint density at radius 1 is 1.06 bits per heavy atom. The number of aliphatic hydroxyl groups is 3. The number of methoxy groups -OCH3 is 2. The first-order chi connectivity index (χ1) is 15.5. The molecule has 33 heavy (non-hydrogen) atoms. The van der Waals surface area contributed by atoms with Gasteiger partial charge in [-0.2, -0.15) is 0 Å². The van der Waals surface area contributed by atoms with Crippen LogP contribution in [0, 0.1) is 0 Å². The number of amides is 1. The standard InChI is InChI=1S/C20H34N2O11/c1-8(2)22-11-9(3)31-10(7-30-20(27)21-4)12(23)15(11)32-19-14(25)13(24)16(28-5)17(33-19)18(26)29-6/h9-17,19,22-25H,1,7H2,2-6H3,(H,21,27)/t9-,10-,11+,12?,13+,14-,15-,16?,17+,19-/m0/s1. The van der Waals surface area contributed by atoms with Crippen LogP contribution in [-0.4, -0.2) is 116 Å². The maximum absolute atomic E-state index is 12.2. The molecule has 2 unspecified atom stereocenters. The van der Waals surface area contributed by atoms with Crippen molar-refractivity contribution in [1.82, 2.24) is 10.6 Å². The van der Waals surface area contributed by atoms with Crippen molar-refractivity contribution in [1.29, 1.82) is 0 Å². The van der Waals surface area contributed by atoms with Crippen LogP contribution in [0.25, 0.3) is 0 Å². The van der Waals surface area contributed by atoms with Gasteiger partial charge in [0.15, 0.2) is 12.4 Å². The number of esters is 1. The zero-order valence-electron chi connectivity index (χ0n) is 19.3. The van der Waals surface area contributed by atoms with E-state index in [9.17, 15) is 24.9 Å². The molecule has 13 nitrogen and oxygen atoms in total. The first kappa shape index (κ1) is 27.2. The van der Waals surface area contributed by atoms with Gasteiger partial charge in [-0.05, 0) is 13.8 Å². The lowest BCUT2D eigenvalue weighted by atomic mass is 9.92. The molecule has 0 aromatic heterocycles. The molecule has 2 aliphatic heterocycles. The molecule has 190 valence electrons. The highest BCUT2D eigenvalue weighted by Gasteiger charge is 2.52. The third-order valence-corrected chi connectivity index (χ3v) is 5.50. The number of allylic oxidation sites excluding steroid dienone is 1. The van der Waals surface area contributed by atoms with Gasteiger partial charge in [0.2, 0.25) is 0 Å². The van der Waals surface area contributed by atoms with Gasteiger partial charge in [0, 0.05) is 19.9 Å². The first-order valence-corrected chi connectivity index (χ1v) is 10.4. The monoisotopic (exact) mass is 478 g/mol. The highest BCUT2D eigenvalue weighted by Crippen LogP contribution is 2.30.